The second kappa shape index (κ2) is 6.71. The number of esters is 1. The van der Waals surface area contributed by atoms with Crippen LogP contribution in [0.2, 0.25) is 18.1 Å². The van der Waals surface area contributed by atoms with E-state index in [-0.39, 0.29) is 11.0 Å². The topological polar surface area (TPSA) is 35.5 Å². The molecule has 0 bridgehead atoms. The molecular formula is C15H29O3Si. The highest BCUT2D eigenvalue weighted by molar-refractivity contribution is 6.74. The van der Waals surface area contributed by atoms with Crippen molar-refractivity contribution in [2.45, 2.75) is 71.7 Å². The highest BCUT2D eigenvalue weighted by atomic mass is 28.4. The van der Waals surface area contributed by atoms with Gasteiger partial charge in [-0.25, -0.2) is 4.79 Å². The molecule has 0 spiro atoms. The smallest absolute Gasteiger partial charge is 0.331 e. The Kier molecular flexibility index (Phi) is 6.49. The molecule has 0 aliphatic heterocycles. The van der Waals surface area contributed by atoms with Crippen LogP contribution in [-0.2, 0) is 14.0 Å². The van der Waals surface area contributed by atoms with Gasteiger partial charge < -0.3 is 9.16 Å². The molecular weight excluding hydrogens is 256 g/mol. The van der Waals surface area contributed by atoms with E-state index in [2.05, 4.69) is 39.9 Å². The monoisotopic (exact) mass is 285 g/mol. The van der Waals surface area contributed by atoms with Gasteiger partial charge in [-0.2, -0.15) is 0 Å². The highest BCUT2D eigenvalue weighted by Crippen LogP contribution is 2.36. The van der Waals surface area contributed by atoms with Crippen molar-refractivity contribution in [3.63, 3.8) is 0 Å². The molecule has 0 aromatic rings. The lowest BCUT2D eigenvalue weighted by atomic mass is 10.2. The SMILES string of the molecule is CC(C)(C)OC(=O)C=[C]CCO[Si](C)(C)C(C)(C)C. The van der Waals surface area contributed by atoms with Crippen LogP contribution in [0.15, 0.2) is 6.08 Å². The van der Waals surface area contributed by atoms with Crippen LogP contribution in [0.1, 0.15) is 48.0 Å². The van der Waals surface area contributed by atoms with Gasteiger partial charge in [-0.05, 0) is 51.4 Å². The van der Waals surface area contributed by atoms with Gasteiger partial charge in [0.15, 0.2) is 8.32 Å². The van der Waals surface area contributed by atoms with E-state index >= 15 is 0 Å². The Morgan fingerprint density at radius 1 is 1.16 bits per heavy atom. The van der Waals surface area contributed by atoms with Gasteiger partial charge in [-0.1, -0.05) is 20.8 Å². The summed E-state index contributed by atoms with van der Waals surface area (Å²) in [5, 5.41) is 0.210. The van der Waals surface area contributed by atoms with Crippen LogP contribution in [0, 0.1) is 6.08 Å². The number of rotatable bonds is 5. The number of hydrogen-bond acceptors (Lipinski definition) is 3. The Hall–Kier alpha value is -0.613. The van der Waals surface area contributed by atoms with Crippen molar-refractivity contribution in [3.05, 3.63) is 12.2 Å². The minimum atomic E-state index is -1.69. The largest absolute Gasteiger partial charge is 0.457 e. The van der Waals surface area contributed by atoms with E-state index < -0.39 is 13.9 Å². The van der Waals surface area contributed by atoms with Gasteiger partial charge in [-0.3, -0.25) is 0 Å². The van der Waals surface area contributed by atoms with E-state index in [1.54, 1.807) is 0 Å². The fourth-order valence-corrected chi connectivity index (χ4v) is 2.11. The molecule has 3 nitrogen and oxygen atoms in total. The summed E-state index contributed by atoms with van der Waals surface area (Å²) in [7, 11) is -1.69. The van der Waals surface area contributed by atoms with Gasteiger partial charge >= 0.3 is 5.97 Å². The normalized spacial score (nSPS) is 13.9. The molecule has 0 atom stereocenters. The molecule has 0 rings (SSSR count). The van der Waals surface area contributed by atoms with Crippen LogP contribution >= 0.6 is 0 Å². The maximum Gasteiger partial charge on any atom is 0.331 e. The molecule has 0 aromatic carbocycles. The predicted molar refractivity (Wildman–Crippen MR) is 81.4 cm³/mol. The summed E-state index contributed by atoms with van der Waals surface area (Å²) in [6.45, 7) is 17.2. The lowest BCUT2D eigenvalue weighted by Crippen LogP contribution is -2.40. The van der Waals surface area contributed by atoms with E-state index in [1.807, 2.05) is 20.8 Å². The van der Waals surface area contributed by atoms with Crippen LogP contribution in [-0.4, -0.2) is 26.5 Å². The molecule has 0 unspecified atom stereocenters. The van der Waals surface area contributed by atoms with Gasteiger partial charge in [0, 0.05) is 12.7 Å². The second-order valence-electron chi connectivity index (χ2n) is 7.24. The van der Waals surface area contributed by atoms with Gasteiger partial charge in [0.1, 0.15) is 5.60 Å². The van der Waals surface area contributed by atoms with Gasteiger partial charge in [-0.15, -0.1) is 0 Å². The summed E-state index contributed by atoms with van der Waals surface area (Å²) in [6, 6.07) is 0. The average Bonchev–Trinajstić information content (AvgIpc) is 2.11. The van der Waals surface area contributed by atoms with Crippen LogP contribution in [0.5, 0.6) is 0 Å². The molecule has 0 aromatic heterocycles. The van der Waals surface area contributed by atoms with Crippen molar-refractivity contribution in [2.24, 2.45) is 0 Å². The van der Waals surface area contributed by atoms with Gasteiger partial charge in [0.05, 0.1) is 0 Å². The Bertz CT molecular complexity index is 319. The van der Waals surface area contributed by atoms with Gasteiger partial charge in [0.25, 0.3) is 0 Å². The minimum absolute atomic E-state index is 0.210. The van der Waals surface area contributed by atoms with Crippen LogP contribution in [0.25, 0.3) is 0 Å². The minimum Gasteiger partial charge on any atom is -0.457 e. The van der Waals surface area contributed by atoms with E-state index in [1.165, 1.54) is 6.08 Å². The molecule has 0 amide bonds. The summed E-state index contributed by atoms with van der Waals surface area (Å²) in [4.78, 5) is 11.4. The molecule has 4 heteroatoms. The number of carbonyl (C=O) groups excluding carboxylic acids is 1. The molecule has 0 fully saturated rings. The molecule has 0 saturated carbocycles. The fourth-order valence-electron chi connectivity index (χ4n) is 1.07. The summed E-state index contributed by atoms with van der Waals surface area (Å²) >= 11 is 0. The lowest BCUT2D eigenvalue weighted by molar-refractivity contribution is -0.148. The molecule has 1 radical (unpaired) electrons. The third-order valence-corrected chi connectivity index (χ3v) is 7.68. The van der Waals surface area contributed by atoms with Crippen molar-refractivity contribution < 1.29 is 14.0 Å². The van der Waals surface area contributed by atoms with Crippen molar-refractivity contribution in [1.29, 1.82) is 0 Å². The van der Waals surface area contributed by atoms with Crippen LogP contribution < -0.4 is 0 Å². The molecule has 0 N–H and O–H groups in total. The lowest BCUT2D eigenvalue weighted by Gasteiger charge is -2.36. The fraction of sp³-hybridized carbons (Fsp3) is 0.800. The standard InChI is InChI=1S/C15H29O3Si/c1-14(2,3)18-13(16)11-9-10-12-17-19(7,8)15(4,5)6/h11H,10,12H2,1-8H3. The molecule has 111 valence electrons. The Balaban J connectivity index is 4.03. The molecule has 0 heterocycles. The van der Waals surface area contributed by atoms with Crippen molar-refractivity contribution in [1.82, 2.24) is 0 Å². The quantitative estimate of drug-likeness (QED) is 0.330. The zero-order chi connectivity index (χ0) is 15.3. The Morgan fingerprint density at radius 2 is 1.68 bits per heavy atom. The van der Waals surface area contributed by atoms with Crippen molar-refractivity contribution in [3.8, 4) is 0 Å². The highest BCUT2D eigenvalue weighted by Gasteiger charge is 2.36. The molecule has 0 aliphatic rings. The Labute approximate surface area is 119 Å². The third kappa shape index (κ3) is 8.21. The Morgan fingerprint density at radius 3 is 2.11 bits per heavy atom. The first-order chi connectivity index (χ1) is 8.35. The summed E-state index contributed by atoms with van der Waals surface area (Å²) < 4.78 is 11.1. The first kappa shape index (κ1) is 18.4. The van der Waals surface area contributed by atoms with E-state index in [9.17, 15) is 4.79 Å². The predicted octanol–water partition coefficient (Wildman–Crippen LogP) is 4.10. The summed E-state index contributed by atoms with van der Waals surface area (Å²) in [5.74, 6) is -0.347. The molecule has 19 heavy (non-hydrogen) atoms. The average molecular weight is 285 g/mol. The second-order valence-corrected chi connectivity index (χ2v) is 12.0. The summed E-state index contributed by atoms with van der Waals surface area (Å²) in [6.07, 6.45) is 4.91. The van der Waals surface area contributed by atoms with Crippen molar-refractivity contribution in [2.75, 3.05) is 6.61 Å². The third-order valence-electron chi connectivity index (χ3n) is 3.14. The number of ether oxygens (including phenoxy) is 1. The maximum absolute atomic E-state index is 11.4. The first-order valence-electron chi connectivity index (χ1n) is 6.79. The maximum atomic E-state index is 11.4. The van der Waals surface area contributed by atoms with Gasteiger partial charge in [0.2, 0.25) is 0 Å². The summed E-state index contributed by atoms with van der Waals surface area (Å²) in [5.41, 5.74) is -0.451. The van der Waals surface area contributed by atoms with Crippen LogP contribution in [0.4, 0.5) is 0 Å². The van der Waals surface area contributed by atoms with Crippen molar-refractivity contribution >= 4 is 14.3 Å². The van der Waals surface area contributed by atoms with E-state index in [4.69, 9.17) is 9.16 Å². The zero-order valence-electron chi connectivity index (χ0n) is 13.7. The zero-order valence-corrected chi connectivity index (χ0v) is 14.7. The molecule has 0 saturated heterocycles. The van der Waals surface area contributed by atoms with Crippen LogP contribution in [0.3, 0.4) is 0 Å². The van der Waals surface area contributed by atoms with E-state index in [0.29, 0.717) is 13.0 Å². The van der Waals surface area contributed by atoms with E-state index in [0.717, 1.165) is 0 Å². The molecule has 0 aliphatic carbocycles. The first-order valence-corrected chi connectivity index (χ1v) is 9.69. The number of hydrogen-bond donors (Lipinski definition) is 0. The number of carbonyl (C=O) groups is 1.